The average Bonchev–Trinajstić information content (AvgIpc) is 2.82. The summed E-state index contributed by atoms with van der Waals surface area (Å²) in [4.78, 5) is 16.5. The predicted octanol–water partition coefficient (Wildman–Crippen LogP) is 1.73. The molecule has 4 heteroatoms. The molecule has 1 amide bonds. The SMILES string of the molecule is CC(NCc1ccc2[nH]ccc2c1)C(=O)N(C)C. The summed E-state index contributed by atoms with van der Waals surface area (Å²) < 4.78 is 0. The highest BCUT2D eigenvalue weighted by Crippen LogP contribution is 2.14. The molecule has 0 bridgehead atoms. The number of likely N-dealkylation sites (N-methyl/N-ethyl adjacent to an activating group) is 1. The summed E-state index contributed by atoms with van der Waals surface area (Å²) >= 11 is 0. The number of amides is 1. The number of hydrogen-bond donors (Lipinski definition) is 2. The second kappa shape index (κ2) is 5.23. The summed E-state index contributed by atoms with van der Waals surface area (Å²) in [5, 5.41) is 4.43. The van der Waals surface area contributed by atoms with E-state index in [4.69, 9.17) is 0 Å². The molecule has 4 nitrogen and oxygen atoms in total. The van der Waals surface area contributed by atoms with E-state index in [1.165, 1.54) is 10.9 Å². The van der Waals surface area contributed by atoms with Gasteiger partial charge < -0.3 is 15.2 Å². The molecule has 1 aromatic heterocycles. The van der Waals surface area contributed by atoms with Crippen LogP contribution in [0.1, 0.15) is 12.5 Å². The van der Waals surface area contributed by atoms with E-state index in [9.17, 15) is 4.79 Å². The predicted molar refractivity (Wildman–Crippen MR) is 73.3 cm³/mol. The van der Waals surface area contributed by atoms with Crippen molar-refractivity contribution in [1.29, 1.82) is 0 Å². The molecular weight excluding hydrogens is 226 g/mol. The first-order valence-electron chi connectivity index (χ1n) is 6.08. The van der Waals surface area contributed by atoms with Crippen molar-refractivity contribution in [2.45, 2.75) is 19.5 Å². The largest absolute Gasteiger partial charge is 0.361 e. The van der Waals surface area contributed by atoms with Gasteiger partial charge in [0, 0.05) is 32.4 Å². The van der Waals surface area contributed by atoms with Crippen LogP contribution in [-0.2, 0) is 11.3 Å². The van der Waals surface area contributed by atoms with Crippen molar-refractivity contribution in [3.8, 4) is 0 Å². The highest BCUT2D eigenvalue weighted by molar-refractivity contribution is 5.81. The van der Waals surface area contributed by atoms with E-state index >= 15 is 0 Å². The molecule has 0 spiro atoms. The molecule has 1 heterocycles. The fourth-order valence-electron chi connectivity index (χ4n) is 1.96. The number of nitrogens with zero attached hydrogens (tertiary/aromatic N) is 1. The van der Waals surface area contributed by atoms with Gasteiger partial charge in [0.1, 0.15) is 0 Å². The monoisotopic (exact) mass is 245 g/mol. The van der Waals surface area contributed by atoms with Gasteiger partial charge in [-0.05, 0) is 36.1 Å². The van der Waals surface area contributed by atoms with E-state index < -0.39 is 0 Å². The maximum atomic E-state index is 11.7. The first-order valence-corrected chi connectivity index (χ1v) is 6.08. The lowest BCUT2D eigenvalue weighted by Crippen LogP contribution is -2.41. The molecule has 0 fully saturated rings. The lowest BCUT2D eigenvalue weighted by Gasteiger charge is -2.18. The summed E-state index contributed by atoms with van der Waals surface area (Å²) in [5.41, 5.74) is 2.32. The van der Waals surface area contributed by atoms with E-state index in [0.717, 1.165) is 5.52 Å². The van der Waals surface area contributed by atoms with Gasteiger partial charge in [0.2, 0.25) is 5.91 Å². The van der Waals surface area contributed by atoms with Gasteiger partial charge in [-0.25, -0.2) is 0 Å². The van der Waals surface area contributed by atoms with Crippen molar-refractivity contribution in [3.05, 3.63) is 36.0 Å². The smallest absolute Gasteiger partial charge is 0.238 e. The molecule has 0 aliphatic heterocycles. The molecule has 0 saturated carbocycles. The van der Waals surface area contributed by atoms with Crippen molar-refractivity contribution in [2.75, 3.05) is 14.1 Å². The van der Waals surface area contributed by atoms with Gasteiger partial charge in [-0.2, -0.15) is 0 Å². The Balaban J connectivity index is 1.99. The summed E-state index contributed by atoms with van der Waals surface area (Å²) in [7, 11) is 3.54. The highest BCUT2D eigenvalue weighted by atomic mass is 16.2. The Hall–Kier alpha value is -1.81. The van der Waals surface area contributed by atoms with Crippen LogP contribution in [0.3, 0.4) is 0 Å². The number of fused-ring (bicyclic) bond motifs is 1. The molecular formula is C14H19N3O. The number of rotatable bonds is 4. The number of carbonyl (C=O) groups excluding carboxylic acids is 1. The van der Waals surface area contributed by atoms with Crippen LogP contribution in [0.25, 0.3) is 10.9 Å². The molecule has 0 aliphatic carbocycles. The lowest BCUT2D eigenvalue weighted by atomic mass is 10.1. The Morgan fingerprint density at radius 2 is 2.17 bits per heavy atom. The summed E-state index contributed by atoms with van der Waals surface area (Å²) in [5.74, 6) is 0.0951. The van der Waals surface area contributed by atoms with Crippen LogP contribution in [0.4, 0.5) is 0 Å². The van der Waals surface area contributed by atoms with Gasteiger partial charge >= 0.3 is 0 Å². The zero-order chi connectivity index (χ0) is 13.1. The second-order valence-electron chi connectivity index (χ2n) is 4.73. The Labute approximate surface area is 107 Å². The zero-order valence-corrected chi connectivity index (χ0v) is 11.0. The van der Waals surface area contributed by atoms with Gasteiger partial charge in [0.15, 0.2) is 0 Å². The number of carbonyl (C=O) groups is 1. The van der Waals surface area contributed by atoms with Crippen molar-refractivity contribution >= 4 is 16.8 Å². The van der Waals surface area contributed by atoms with E-state index in [0.29, 0.717) is 6.54 Å². The van der Waals surface area contributed by atoms with Crippen LogP contribution in [-0.4, -0.2) is 35.9 Å². The third kappa shape index (κ3) is 2.71. The molecule has 2 aromatic rings. The van der Waals surface area contributed by atoms with Gasteiger partial charge in [0.25, 0.3) is 0 Å². The third-order valence-electron chi connectivity index (χ3n) is 3.04. The van der Waals surface area contributed by atoms with E-state index in [1.807, 2.05) is 19.2 Å². The van der Waals surface area contributed by atoms with Gasteiger partial charge in [-0.1, -0.05) is 6.07 Å². The Morgan fingerprint density at radius 3 is 2.89 bits per heavy atom. The molecule has 96 valence electrons. The van der Waals surface area contributed by atoms with Crippen LogP contribution in [0, 0.1) is 0 Å². The van der Waals surface area contributed by atoms with Crippen LogP contribution < -0.4 is 5.32 Å². The number of aromatic amines is 1. The number of benzene rings is 1. The minimum atomic E-state index is -0.165. The molecule has 0 saturated heterocycles. The second-order valence-corrected chi connectivity index (χ2v) is 4.73. The Morgan fingerprint density at radius 1 is 1.39 bits per heavy atom. The van der Waals surface area contributed by atoms with Gasteiger partial charge in [-0.3, -0.25) is 4.79 Å². The Kier molecular flexibility index (Phi) is 3.67. The number of H-pyrrole nitrogens is 1. The van der Waals surface area contributed by atoms with Crippen LogP contribution in [0.5, 0.6) is 0 Å². The number of aromatic nitrogens is 1. The molecule has 0 aliphatic rings. The summed E-state index contributed by atoms with van der Waals surface area (Å²) in [6.07, 6.45) is 1.93. The fourth-order valence-corrected chi connectivity index (χ4v) is 1.96. The molecule has 0 radical (unpaired) electrons. The number of hydrogen-bond acceptors (Lipinski definition) is 2. The molecule has 2 rings (SSSR count). The van der Waals surface area contributed by atoms with E-state index in [-0.39, 0.29) is 11.9 Å². The van der Waals surface area contributed by atoms with Crippen molar-refractivity contribution in [1.82, 2.24) is 15.2 Å². The van der Waals surface area contributed by atoms with Crippen molar-refractivity contribution < 1.29 is 4.79 Å². The van der Waals surface area contributed by atoms with Gasteiger partial charge in [0.05, 0.1) is 6.04 Å². The molecule has 18 heavy (non-hydrogen) atoms. The Bertz CT molecular complexity index is 545. The quantitative estimate of drug-likeness (QED) is 0.862. The maximum absolute atomic E-state index is 11.7. The maximum Gasteiger partial charge on any atom is 0.238 e. The van der Waals surface area contributed by atoms with E-state index in [2.05, 4.69) is 28.5 Å². The third-order valence-corrected chi connectivity index (χ3v) is 3.04. The van der Waals surface area contributed by atoms with Crippen molar-refractivity contribution in [3.63, 3.8) is 0 Å². The van der Waals surface area contributed by atoms with Crippen molar-refractivity contribution in [2.24, 2.45) is 0 Å². The van der Waals surface area contributed by atoms with Crippen LogP contribution >= 0.6 is 0 Å². The lowest BCUT2D eigenvalue weighted by molar-refractivity contribution is -0.130. The standard InChI is InChI=1S/C14H19N3O/c1-10(14(18)17(2)3)16-9-11-4-5-13-12(8-11)6-7-15-13/h4-8,10,15-16H,9H2,1-3H3. The molecule has 2 N–H and O–H groups in total. The normalized spacial score (nSPS) is 12.6. The highest BCUT2D eigenvalue weighted by Gasteiger charge is 2.13. The number of nitrogens with one attached hydrogen (secondary N) is 2. The molecule has 1 aromatic carbocycles. The topological polar surface area (TPSA) is 48.1 Å². The van der Waals surface area contributed by atoms with E-state index in [1.54, 1.807) is 19.0 Å². The first-order chi connectivity index (χ1) is 8.58. The molecule has 1 atom stereocenters. The minimum Gasteiger partial charge on any atom is -0.361 e. The minimum absolute atomic E-state index is 0.0951. The van der Waals surface area contributed by atoms with Crippen LogP contribution in [0.15, 0.2) is 30.5 Å². The molecule has 1 unspecified atom stereocenters. The first kappa shape index (κ1) is 12.6. The summed E-state index contributed by atoms with van der Waals surface area (Å²) in [6, 6.07) is 8.14. The average molecular weight is 245 g/mol. The zero-order valence-electron chi connectivity index (χ0n) is 11.0. The van der Waals surface area contributed by atoms with Crippen LogP contribution in [0.2, 0.25) is 0 Å². The summed E-state index contributed by atoms with van der Waals surface area (Å²) in [6.45, 7) is 2.58. The van der Waals surface area contributed by atoms with Gasteiger partial charge in [-0.15, -0.1) is 0 Å². The fraction of sp³-hybridized carbons (Fsp3) is 0.357.